The van der Waals surface area contributed by atoms with Crippen LogP contribution in [-0.2, 0) is 0 Å². The maximum absolute atomic E-state index is 10.8. The second-order valence-electron chi connectivity index (χ2n) is 3.28. The molecule has 0 amide bonds. The van der Waals surface area contributed by atoms with E-state index in [0.717, 1.165) is 0 Å². The predicted octanol–water partition coefficient (Wildman–Crippen LogP) is 0.636. The fourth-order valence-corrected chi connectivity index (χ4v) is 1.64. The molecule has 0 aliphatic carbocycles. The Morgan fingerprint density at radius 1 is 1.19 bits per heavy atom. The highest BCUT2D eigenvalue weighted by Crippen LogP contribution is 2.24. The fourth-order valence-electron chi connectivity index (χ4n) is 1.44. The monoisotopic (exact) mass is 240 g/mol. The quantitative estimate of drug-likeness (QED) is 0.521. The van der Waals surface area contributed by atoms with Crippen molar-refractivity contribution in [2.75, 3.05) is 5.75 Å². The Balaban J connectivity index is 3.27. The lowest BCUT2D eigenvalue weighted by Crippen LogP contribution is -2.22. The first kappa shape index (κ1) is 12.9. The van der Waals surface area contributed by atoms with E-state index in [1.54, 1.807) is 0 Å². The van der Waals surface area contributed by atoms with Crippen molar-refractivity contribution in [3.63, 3.8) is 0 Å². The molecule has 1 aromatic carbocycles. The van der Waals surface area contributed by atoms with Crippen LogP contribution in [-0.4, -0.2) is 34.6 Å². The summed E-state index contributed by atoms with van der Waals surface area (Å²) >= 11 is 3.85. The van der Waals surface area contributed by atoms with Crippen LogP contribution < -0.4 is 0 Å². The molecule has 2 N–H and O–H groups in total. The van der Waals surface area contributed by atoms with Gasteiger partial charge in [0.15, 0.2) is 0 Å². The first-order chi connectivity index (χ1) is 7.65. The molecule has 0 bridgehead atoms. The van der Waals surface area contributed by atoms with E-state index < -0.39 is 12.2 Å². The van der Waals surface area contributed by atoms with Crippen LogP contribution in [0.1, 0.15) is 32.4 Å². The van der Waals surface area contributed by atoms with Crippen LogP contribution in [0.5, 0.6) is 0 Å². The highest BCUT2D eigenvalue weighted by atomic mass is 32.1. The van der Waals surface area contributed by atoms with Gasteiger partial charge < -0.3 is 10.2 Å². The summed E-state index contributed by atoms with van der Waals surface area (Å²) in [5.74, 6) is 0.0344. The summed E-state index contributed by atoms with van der Waals surface area (Å²) in [6, 6.07) is 4.49. The van der Waals surface area contributed by atoms with E-state index in [1.807, 2.05) is 0 Å². The molecule has 5 heteroatoms. The normalized spacial score (nSPS) is 14.2. The predicted molar refractivity (Wildman–Crippen MR) is 62.0 cm³/mol. The number of aliphatic hydroxyl groups excluding tert-OH is 2. The molecule has 2 unspecified atom stereocenters. The maximum atomic E-state index is 10.8. The zero-order chi connectivity index (χ0) is 12.1. The second-order valence-corrected chi connectivity index (χ2v) is 3.65. The smallest absolute Gasteiger partial charge is 0.150 e. The molecule has 0 aliphatic rings. The zero-order valence-electron chi connectivity index (χ0n) is 8.41. The Labute approximate surface area is 98.3 Å². The minimum Gasteiger partial charge on any atom is -0.389 e. The van der Waals surface area contributed by atoms with E-state index in [2.05, 4.69) is 12.6 Å². The van der Waals surface area contributed by atoms with Crippen LogP contribution in [0.25, 0.3) is 0 Å². The van der Waals surface area contributed by atoms with Crippen LogP contribution in [0.15, 0.2) is 18.2 Å². The van der Waals surface area contributed by atoms with Gasteiger partial charge in [0.05, 0.1) is 6.10 Å². The van der Waals surface area contributed by atoms with Crippen LogP contribution in [0.2, 0.25) is 0 Å². The van der Waals surface area contributed by atoms with Crippen molar-refractivity contribution in [1.29, 1.82) is 0 Å². The average molecular weight is 240 g/mol. The molecular weight excluding hydrogens is 228 g/mol. The van der Waals surface area contributed by atoms with E-state index in [-0.39, 0.29) is 22.4 Å². The first-order valence-electron chi connectivity index (χ1n) is 4.66. The van der Waals surface area contributed by atoms with E-state index in [4.69, 9.17) is 0 Å². The van der Waals surface area contributed by atoms with Crippen molar-refractivity contribution in [2.45, 2.75) is 12.2 Å². The Hall–Kier alpha value is -1.17. The molecule has 0 fully saturated rings. The van der Waals surface area contributed by atoms with Gasteiger partial charge in [0.25, 0.3) is 0 Å². The van der Waals surface area contributed by atoms with Crippen molar-refractivity contribution >= 4 is 25.2 Å². The summed E-state index contributed by atoms with van der Waals surface area (Å²) < 4.78 is 0. The Morgan fingerprint density at radius 3 is 2.06 bits per heavy atom. The number of carbonyl (C=O) groups is 2. The fraction of sp³-hybridized carbons (Fsp3) is 0.273. The minimum atomic E-state index is -1.29. The largest absolute Gasteiger partial charge is 0.389 e. The molecule has 0 aliphatic heterocycles. The number of aldehydes is 2. The van der Waals surface area contributed by atoms with Gasteiger partial charge in [0, 0.05) is 22.4 Å². The van der Waals surface area contributed by atoms with Crippen LogP contribution in [0.3, 0.4) is 0 Å². The molecule has 0 saturated heterocycles. The third kappa shape index (κ3) is 2.49. The lowest BCUT2D eigenvalue weighted by molar-refractivity contribution is 0.0329. The van der Waals surface area contributed by atoms with Crippen molar-refractivity contribution in [3.8, 4) is 0 Å². The van der Waals surface area contributed by atoms with E-state index >= 15 is 0 Å². The van der Waals surface area contributed by atoms with Gasteiger partial charge in [-0.2, -0.15) is 12.6 Å². The third-order valence-electron chi connectivity index (χ3n) is 2.27. The summed E-state index contributed by atoms with van der Waals surface area (Å²) in [4.78, 5) is 21.6. The van der Waals surface area contributed by atoms with Gasteiger partial charge in [-0.25, -0.2) is 0 Å². The van der Waals surface area contributed by atoms with Gasteiger partial charge >= 0.3 is 0 Å². The number of thiol groups is 1. The number of aliphatic hydroxyl groups is 2. The lowest BCUT2D eigenvalue weighted by atomic mass is 9.95. The molecule has 1 aromatic rings. The molecule has 0 aromatic heterocycles. The van der Waals surface area contributed by atoms with Gasteiger partial charge in [0.2, 0.25) is 0 Å². The molecule has 86 valence electrons. The summed E-state index contributed by atoms with van der Waals surface area (Å²) in [6.07, 6.45) is -1.34. The van der Waals surface area contributed by atoms with Crippen LogP contribution >= 0.6 is 12.6 Å². The Morgan fingerprint density at radius 2 is 1.69 bits per heavy atom. The average Bonchev–Trinajstić information content (AvgIpc) is 2.35. The van der Waals surface area contributed by atoms with Crippen molar-refractivity contribution in [1.82, 2.24) is 0 Å². The minimum absolute atomic E-state index is 0.0344. The topological polar surface area (TPSA) is 74.6 Å². The summed E-state index contributed by atoms with van der Waals surface area (Å²) in [5.41, 5.74) is 0.532. The second kappa shape index (κ2) is 5.79. The Kier molecular flexibility index (Phi) is 4.67. The first-order valence-corrected chi connectivity index (χ1v) is 5.29. The molecule has 2 atom stereocenters. The number of hydrogen-bond donors (Lipinski definition) is 3. The SMILES string of the molecule is O=Cc1cccc(C=O)c1C(O)C(O)CS. The summed E-state index contributed by atoms with van der Waals surface area (Å²) in [6.45, 7) is 0. The molecule has 16 heavy (non-hydrogen) atoms. The van der Waals surface area contributed by atoms with Gasteiger partial charge in [-0.1, -0.05) is 18.2 Å². The molecule has 0 radical (unpaired) electrons. The standard InChI is InChI=1S/C11H12O4S/c12-4-7-2-1-3-8(5-13)10(7)11(15)9(14)6-16/h1-5,9,11,14-16H,6H2. The van der Waals surface area contributed by atoms with E-state index in [9.17, 15) is 19.8 Å². The van der Waals surface area contributed by atoms with Crippen LogP contribution in [0, 0.1) is 0 Å². The molecule has 4 nitrogen and oxygen atoms in total. The summed E-state index contributed by atoms with van der Waals surface area (Å²) in [7, 11) is 0. The zero-order valence-corrected chi connectivity index (χ0v) is 9.30. The molecule has 1 rings (SSSR count). The van der Waals surface area contributed by atoms with Crippen molar-refractivity contribution in [2.24, 2.45) is 0 Å². The number of carbonyl (C=O) groups excluding carboxylic acids is 2. The molecule has 0 saturated carbocycles. The van der Waals surface area contributed by atoms with Crippen molar-refractivity contribution < 1.29 is 19.8 Å². The van der Waals surface area contributed by atoms with E-state index in [0.29, 0.717) is 12.6 Å². The number of hydrogen-bond acceptors (Lipinski definition) is 5. The highest BCUT2D eigenvalue weighted by Gasteiger charge is 2.22. The van der Waals surface area contributed by atoms with Gasteiger partial charge in [-0.05, 0) is 0 Å². The van der Waals surface area contributed by atoms with Gasteiger partial charge in [-0.3, -0.25) is 9.59 Å². The molecule has 0 heterocycles. The third-order valence-corrected chi connectivity index (χ3v) is 2.65. The van der Waals surface area contributed by atoms with Crippen molar-refractivity contribution in [3.05, 3.63) is 34.9 Å². The highest BCUT2D eigenvalue weighted by molar-refractivity contribution is 7.80. The van der Waals surface area contributed by atoms with Gasteiger partial charge in [0.1, 0.15) is 18.7 Å². The maximum Gasteiger partial charge on any atom is 0.150 e. The van der Waals surface area contributed by atoms with Crippen LogP contribution in [0.4, 0.5) is 0 Å². The lowest BCUT2D eigenvalue weighted by Gasteiger charge is -2.19. The van der Waals surface area contributed by atoms with E-state index in [1.165, 1.54) is 18.2 Å². The van der Waals surface area contributed by atoms with Gasteiger partial charge in [-0.15, -0.1) is 0 Å². The Bertz CT molecular complexity index is 365. The number of rotatable bonds is 5. The molecular formula is C11H12O4S. The molecule has 0 spiro atoms. The number of benzene rings is 1. The summed E-state index contributed by atoms with van der Waals surface area (Å²) in [5, 5.41) is 19.3.